The standard InChI is InChI=1S/C15H25ClN2O2S/c1-10(2)12(4)18(6)21(19,20)15-8-14(16)7-13(9-17-5)11(15)3/h7-8,10,12,17H,9H2,1-6H3. The molecule has 1 rings (SSSR count). The molecule has 0 spiro atoms. The van der Waals surface area contributed by atoms with Gasteiger partial charge in [-0.3, -0.25) is 0 Å². The van der Waals surface area contributed by atoms with Gasteiger partial charge in [0.25, 0.3) is 0 Å². The van der Waals surface area contributed by atoms with Gasteiger partial charge in [-0.05, 0) is 50.1 Å². The highest BCUT2D eigenvalue weighted by Gasteiger charge is 2.29. The fourth-order valence-electron chi connectivity index (χ4n) is 2.14. The van der Waals surface area contributed by atoms with Gasteiger partial charge in [0.2, 0.25) is 10.0 Å². The largest absolute Gasteiger partial charge is 0.316 e. The second kappa shape index (κ2) is 7.09. The lowest BCUT2D eigenvalue weighted by molar-refractivity contribution is 0.315. The van der Waals surface area contributed by atoms with E-state index in [2.05, 4.69) is 5.32 Å². The van der Waals surface area contributed by atoms with Gasteiger partial charge in [0.05, 0.1) is 4.90 Å². The van der Waals surface area contributed by atoms with E-state index < -0.39 is 10.0 Å². The van der Waals surface area contributed by atoms with Crippen molar-refractivity contribution in [1.82, 2.24) is 9.62 Å². The van der Waals surface area contributed by atoms with E-state index in [4.69, 9.17) is 11.6 Å². The van der Waals surface area contributed by atoms with Gasteiger partial charge in [-0.1, -0.05) is 25.4 Å². The zero-order valence-electron chi connectivity index (χ0n) is 13.6. The Morgan fingerprint density at radius 2 is 1.86 bits per heavy atom. The van der Waals surface area contributed by atoms with E-state index in [9.17, 15) is 8.42 Å². The van der Waals surface area contributed by atoms with E-state index in [0.717, 1.165) is 11.1 Å². The van der Waals surface area contributed by atoms with Crippen molar-refractivity contribution in [2.75, 3.05) is 14.1 Å². The van der Waals surface area contributed by atoms with E-state index in [-0.39, 0.29) is 16.9 Å². The number of hydrogen-bond donors (Lipinski definition) is 1. The summed E-state index contributed by atoms with van der Waals surface area (Å²) in [6.07, 6.45) is 0. The van der Waals surface area contributed by atoms with Gasteiger partial charge in [0.1, 0.15) is 0 Å². The van der Waals surface area contributed by atoms with Crippen molar-refractivity contribution in [2.45, 2.75) is 45.2 Å². The van der Waals surface area contributed by atoms with E-state index in [1.807, 2.05) is 34.7 Å². The molecule has 1 N–H and O–H groups in total. The molecule has 1 aromatic rings. The maximum atomic E-state index is 12.9. The van der Waals surface area contributed by atoms with Crippen molar-refractivity contribution >= 4 is 21.6 Å². The zero-order valence-corrected chi connectivity index (χ0v) is 15.1. The molecule has 0 heterocycles. The van der Waals surface area contributed by atoms with E-state index in [0.29, 0.717) is 11.6 Å². The van der Waals surface area contributed by atoms with Crippen LogP contribution in [0.5, 0.6) is 0 Å². The van der Waals surface area contributed by atoms with Crippen LogP contribution in [0, 0.1) is 12.8 Å². The second-order valence-electron chi connectivity index (χ2n) is 5.72. The predicted octanol–water partition coefficient (Wildman–Crippen LogP) is 3.03. The van der Waals surface area contributed by atoms with Crippen LogP contribution in [0.15, 0.2) is 17.0 Å². The van der Waals surface area contributed by atoms with Crippen molar-refractivity contribution in [3.8, 4) is 0 Å². The van der Waals surface area contributed by atoms with Gasteiger partial charge in [-0.25, -0.2) is 8.42 Å². The number of rotatable bonds is 6. The number of sulfonamides is 1. The summed E-state index contributed by atoms with van der Waals surface area (Å²) in [5.74, 6) is 0.237. The number of halogens is 1. The molecule has 0 saturated heterocycles. The van der Waals surface area contributed by atoms with E-state index >= 15 is 0 Å². The number of benzene rings is 1. The lowest BCUT2D eigenvalue weighted by atomic mass is 10.1. The highest BCUT2D eigenvalue weighted by molar-refractivity contribution is 7.89. The van der Waals surface area contributed by atoms with Crippen LogP contribution in [-0.2, 0) is 16.6 Å². The van der Waals surface area contributed by atoms with Gasteiger partial charge in [-0.2, -0.15) is 4.31 Å². The van der Waals surface area contributed by atoms with Crippen LogP contribution < -0.4 is 5.32 Å². The molecule has 0 aliphatic rings. The molecule has 0 saturated carbocycles. The summed E-state index contributed by atoms with van der Waals surface area (Å²) in [6, 6.07) is 3.26. The summed E-state index contributed by atoms with van der Waals surface area (Å²) < 4.78 is 27.1. The SMILES string of the molecule is CNCc1cc(Cl)cc(S(=O)(=O)N(C)C(C)C(C)C)c1C. The van der Waals surface area contributed by atoms with Gasteiger partial charge < -0.3 is 5.32 Å². The Labute approximate surface area is 133 Å². The van der Waals surface area contributed by atoms with Crippen LogP contribution in [0.25, 0.3) is 0 Å². The third-order valence-corrected chi connectivity index (χ3v) is 6.28. The van der Waals surface area contributed by atoms with Crippen LogP contribution >= 0.6 is 11.6 Å². The predicted molar refractivity (Wildman–Crippen MR) is 88.2 cm³/mol. The maximum Gasteiger partial charge on any atom is 0.243 e. The van der Waals surface area contributed by atoms with Crippen molar-refractivity contribution in [3.05, 3.63) is 28.3 Å². The molecule has 0 amide bonds. The minimum absolute atomic E-state index is 0.0823. The third kappa shape index (κ3) is 3.97. The first-order valence-electron chi connectivity index (χ1n) is 7.04. The molecule has 0 bridgehead atoms. The summed E-state index contributed by atoms with van der Waals surface area (Å²) in [6.45, 7) is 8.33. The number of nitrogens with one attached hydrogen (secondary N) is 1. The van der Waals surface area contributed by atoms with Crippen LogP contribution in [0.1, 0.15) is 31.9 Å². The smallest absolute Gasteiger partial charge is 0.243 e. The minimum atomic E-state index is -3.56. The summed E-state index contributed by atoms with van der Waals surface area (Å²) in [5.41, 5.74) is 1.64. The molecular formula is C15H25ClN2O2S. The quantitative estimate of drug-likeness (QED) is 0.871. The first kappa shape index (κ1) is 18.4. The molecule has 0 aliphatic heterocycles. The summed E-state index contributed by atoms with van der Waals surface area (Å²) in [7, 11) is -0.112. The Kier molecular flexibility index (Phi) is 6.23. The van der Waals surface area contributed by atoms with Crippen molar-refractivity contribution in [2.24, 2.45) is 5.92 Å². The lowest BCUT2D eigenvalue weighted by Crippen LogP contribution is -2.38. The van der Waals surface area contributed by atoms with Gasteiger partial charge >= 0.3 is 0 Å². The zero-order chi connectivity index (χ0) is 16.4. The molecule has 0 aromatic heterocycles. The molecule has 120 valence electrons. The van der Waals surface area contributed by atoms with Crippen LogP contribution in [0.3, 0.4) is 0 Å². The molecule has 0 radical (unpaired) electrons. The van der Waals surface area contributed by atoms with Crippen LogP contribution in [0.2, 0.25) is 5.02 Å². The lowest BCUT2D eigenvalue weighted by Gasteiger charge is -2.28. The average Bonchev–Trinajstić information content (AvgIpc) is 2.40. The molecule has 0 fully saturated rings. The number of hydrogen-bond acceptors (Lipinski definition) is 3. The Balaban J connectivity index is 3.38. The number of nitrogens with zero attached hydrogens (tertiary/aromatic N) is 1. The highest BCUT2D eigenvalue weighted by Crippen LogP contribution is 2.28. The Morgan fingerprint density at radius 1 is 1.29 bits per heavy atom. The summed E-state index contributed by atoms with van der Waals surface area (Å²) in [4.78, 5) is 0.287. The third-order valence-electron chi connectivity index (χ3n) is 3.99. The van der Waals surface area contributed by atoms with E-state index in [1.165, 1.54) is 10.4 Å². The van der Waals surface area contributed by atoms with E-state index in [1.54, 1.807) is 13.1 Å². The fourth-order valence-corrected chi connectivity index (χ4v) is 4.23. The summed E-state index contributed by atoms with van der Waals surface area (Å²) >= 11 is 6.10. The Hall–Kier alpha value is -0.620. The van der Waals surface area contributed by atoms with Crippen molar-refractivity contribution in [1.29, 1.82) is 0 Å². The minimum Gasteiger partial charge on any atom is -0.316 e. The summed E-state index contributed by atoms with van der Waals surface area (Å²) in [5, 5.41) is 3.47. The Morgan fingerprint density at radius 3 is 2.33 bits per heavy atom. The van der Waals surface area contributed by atoms with Crippen LogP contribution in [0.4, 0.5) is 0 Å². The van der Waals surface area contributed by atoms with Crippen molar-refractivity contribution < 1.29 is 8.42 Å². The maximum absolute atomic E-state index is 12.9. The first-order valence-corrected chi connectivity index (χ1v) is 8.86. The van der Waals surface area contributed by atoms with Crippen molar-refractivity contribution in [3.63, 3.8) is 0 Å². The fraction of sp³-hybridized carbons (Fsp3) is 0.600. The van der Waals surface area contributed by atoms with Gasteiger partial charge in [0.15, 0.2) is 0 Å². The van der Waals surface area contributed by atoms with Gasteiger partial charge in [0, 0.05) is 24.7 Å². The first-order chi connectivity index (χ1) is 9.62. The molecule has 4 nitrogen and oxygen atoms in total. The molecule has 1 unspecified atom stereocenters. The molecule has 1 atom stereocenters. The second-order valence-corrected chi connectivity index (χ2v) is 8.13. The topological polar surface area (TPSA) is 49.4 Å². The van der Waals surface area contributed by atoms with Gasteiger partial charge in [-0.15, -0.1) is 0 Å². The Bertz CT molecular complexity index is 600. The molecule has 21 heavy (non-hydrogen) atoms. The van der Waals surface area contributed by atoms with Crippen LogP contribution in [-0.4, -0.2) is 32.9 Å². The molecule has 1 aromatic carbocycles. The molecule has 0 aliphatic carbocycles. The highest BCUT2D eigenvalue weighted by atomic mass is 35.5. The molecule has 6 heteroatoms. The normalized spacial score (nSPS) is 14.0. The monoisotopic (exact) mass is 332 g/mol. The molecular weight excluding hydrogens is 308 g/mol. The average molecular weight is 333 g/mol.